The first-order chi connectivity index (χ1) is 16.6. The molecule has 0 aromatic rings. The highest BCUT2D eigenvalue weighted by molar-refractivity contribution is 14.1. The third-order valence-corrected chi connectivity index (χ3v) is 24.0. The number of hydrogen-bond donors (Lipinski definition) is 0. The van der Waals surface area contributed by atoms with Crippen molar-refractivity contribution in [1.29, 1.82) is 0 Å². The SMILES string of the molecule is CC[Si](CC)(CC)O[C@@H]1[C@H](I)[C@@H](OC(C)=O)O[C@H](CO[Si](C)(C)C(C)(C)C)[C@@H]1O[Si](CC)(CC)CC. The summed E-state index contributed by atoms with van der Waals surface area (Å²) in [6.07, 6.45) is -1.49. The van der Waals surface area contributed by atoms with Crippen LogP contribution in [-0.2, 0) is 27.5 Å². The average molecular weight is 675 g/mol. The van der Waals surface area contributed by atoms with E-state index in [0.29, 0.717) is 6.61 Å². The molecule has 0 unspecified atom stereocenters. The number of rotatable bonds is 14. The number of carbonyl (C=O) groups excluding carboxylic acids is 1. The van der Waals surface area contributed by atoms with Gasteiger partial charge in [0.25, 0.3) is 0 Å². The Morgan fingerprint density at radius 3 is 1.61 bits per heavy atom. The van der Waals surface area contributed by atoms with Crippen LogP contribution in [0.25, 0.3) is 0 Å². The maximum Gasteiger partial charge on any atom is 0.304 e. The molecule has 1 fully saturated rings. The highest BCUT2D eigenvalue weighted by atomic mass is 127. The molecule has 36 heavy (non-hydrogen) atoms. The molecule has 214 valence electrons. The fourth-order valence-corrected chi connectivity index (χ4v) is 12.5. The number of hydrogen-bond acceptors (Lipinski definition) is 6. The highest BCUT2D eigenvalue weighted by Gasteiger charge is 2.53. The monoisotopic (exact) mass is 674 g/mol. The second-order valence-electron chi connectivity index (χ2n) is 11.8. The Hall–Kier alpha value is 0.691. The molecule has 6 nitrogen and oxygen atoms in total. The van der Waals surface area contributed by atoms with E-state index in [1.54, 1.807) is 0 Å². The van der Waals surface area contributed by atoms with Gasteiger partial charge in [0.15, 0.2) is 25.0 Å². The third kappa shape index (κ3) is 8.59. The smallest absolute Gasteiger partial charge is 0.304 e. The summed E-state index contributed by atoms with van der Waals surface area (Å²) in [5.74, 6) is -0.340. The van der Waals surface area contributed by atoms with Crippen LogP contribution in [0.15, 0.2) is 0 Å². The molecule has 0 aromatic heterocycles. The summed E-state index contributed by atoms with van der Waals surface area (Å²) in [6.45, 7) is 26.6. The minimum atomic E-state index is -2.03. The topological polar surface area (TPSA) is 63.2 Å². The molecule has 0 saturated carbocycles. The van der Waals surface area contributed by atoms with Crippen molar-refractivity contribution in [2.75, 3.05) is 6.61 Å². The van der Waals surface area contributed by atoms with E-state index in [9.17, 15) is 4.79 Å². The molecule has 1 heterocycles. The molecule has 0 N–H and O–H groups in total. The standard InChI is InChI=1S/C26H55IO6Si3/c1-13-35(14-2,15-3)32-23-21(19-29-34(11,12)26(8,9)10)31-25(30-20(7)28)22(27)24(23)33-36(16-4,17-5)18-6/h21-25H,13-19H2,1-12H3/t21-,22+,23+,24-,25+/m1/s1. The lowest BCUT2D eigenvalue weighted by Crippen LogP contribution is -2.64. The predicted octanol–water partition coefficient (Wildman–Crippen LogP) is 7.88. The molecular formula is C26H55IO6Si3. The summed E-state index contributed by atoms with van der Waals surface area (Å²) >= 11 is 2.37. The fourth-order valence-electron chi connectivity index (χ4n) is 4.62. The highest BCUT2D eigenvalue weighted by Crippen LogP contribution is 2.41. The van der Waals surface area contributed by atoms with Crippen molar-refractivity contribution in [1.82, 2.24) is 0 Å². The van der Waals surface area contributed by atoms with Crippen LogP contribution in [-0.4, -0.2) is 66.1 Å². The molecule has 1 aliphatic heterocycles. The van der Waals surface area contributed by atoms with Crippen molar-refractivity contribution in [3.63, 3.8) is 0 Å². The zero-order valence-corrected chi connectivity index (χ0v) is 30.3. The molecule has 0 spiro atoms. The van der Waals surface area contributed by atoms with Crippen molar-refractivity contribution in [3.05, 3.63) is 0 Å². The predicted molar refractivity (Wildman–Crippen MR) is 166 cm³/mol. The largest absolute Gasteiger partial charge is 0.435 e. The molecule has 1 rings (SSSR count). The Balaban J connectivity index is 3.55. The van der Waals surface area contributed by atoms with Gasteiger partial charge in [-0.1, -0.05) is 84.9 Å². The number of carbonyl (C=O) groups is 1. The van der Waals surface area contributed by atoms with Gasteiger partial charge in [-0.05, 0) is 54.4 Å². The maximum absolute atomic E-state index is 12.0. The second-order valence-corrected chi connectivity index (χ2v) is 27.5. The molecular weight excluding hydrogens is 619 g/mol. The molecule has 1 saturated heterocycles. The van der Waals surface area contributed by atoms with Gasteiger partial charge in [0.2, 0.25) is 6.29 Å². The Kier molecular flexibility index (Phi) is 13.8. The summed E-state index contributed by atoms with van der Waals surface area (Å²) in [4.78, 5) is 12.0. The number of ether oxygens (including phenoxy) is 2. The van der Waals surface area contributed by atoms with Gasteiger partial charge in [0.1, 0.15) is 10.0 Å². The first kappa shape index (κ1) is 34.7. The number of halogens is 1. The van der Waals surface area contributed by atoms with Crippen molar-refractivity contribution in [2.45, 2.75) is 152 Å². The first-order valence-corrected chi connectivity index (χ1v) is 23.3. The Morgan fingerprint density at radius 2 is 1.25 bits per heavy atom. The van der Waals surface area contributed by atoms with Gasteiger partial charge < -0.3 is 22.8 Å². The van der Waals surface area contributed by atoms with E-state index in [-0.39, 0.29) is 33.2 Å². The molecule has 1 aliphatic rings. The lowest BCUT2D eigenvalue weighted by Gasteiger charge is -2.50. The number of esters is 1. The summed E-state index contributed by atoms with van der Waals surface area (Å²) in [5.41, 5.74) is 0. The summed E-state index contributed by atoms with van der Waals surface area (Å²) in [5, 5.41) is 0.0818. The van der Waals surface area contributed by atoms with Gasteiger partial charge in [0.05, 0.1) is 18.8 Å². The molecule has 0 radical (unpaired) electrons. The minimum absolute atomic E-state index is 0.0818. The lowest BCUT2D eigenvalue weighted by atomic mass is 10.0. The maximum atomic E-state index is 12.0. The van der Waals surface area contributed by atoms with E-state index >= 15 is 0 Å². The fraction of sp³-hybridized carbons (Fsp3) is 0.962. The Labute approximate surface area is 238 Å². The van der Waals surface area contributed by atoms with Crippen molar-refractivity contribution >= 4 is 53.5 Å². The van der Waals surface area contributed by atoms with E-state index in [1.165, 1.54) is 6.92 Å². The third-order valence-electron chi connectivity index (χ3n) is 8.91. The summed E-state index contributed by atoms with van der Waals surface area (Å²) < 4.78 is 33.2. The summed E-state index contributed by atoms with van der Waals surface area (Å²) in [6, 6.07) is 6.31. The van der Waals surface area contributed by atoms with Crippen LogP contribution in [0.3, 0.4) is 0 Å². The van der Waals surface area contributed by atoms with Crippen LogP contribution in [0.2, 0.25) is 54.4 Å². The quantitative estimate of drug-likeness (QED) is 0.0809. The number of alkyl halides is 1. The van der Waals surface area contributed by atoms with Crippen molar-refractivity contribution in [3.8, 4) is 0 Å². The molecule has 5 atom stereocenters. The van der Waals surface area contributed by atoms with Crippen LogP contribution in [0.4, 0.5) is 0 Å². The molecule has 10 heteroatoms. The van der Waals surface area contributed by atoms with E-state index in [1.807, 2.05) is 0 Å². The molecule has 0 aromatic carbocycles. The van der Waals surface area contributed by atoms with Gasteiger partial charge in [-0.2, -0.15) is 0 Å². The van der Waals surface area contributed by atoms with Crippen LogP contribution in [0.1, 0.15) is 69.2 Å². The van der Waals surface area contributed by atoms with Gasteiger partial charge in [-0.15, -0.1) is 0 Å². The van der Waals surface area contributed by atoms with Gasteiger partial charge in [-0.3, -0.25) is 4.79 Å². The molecule has 0 bridgehead atoms. The van der Waals surface area contributed by atoms with E-state index in [0.717, 1.165) is 36.3 Å². The minimum Gasteiger partial charge on any atom is -0.435 e. The van der Waals surface area contributed by atoms with E-state index in [2.05, 4.69) is 98.0 Å². The first-order valence-electron chi connectivity index (χ1n) is 14.1. The van der Waals surface area contributed by atoms with Crippen LogP contribution < -0.4 is 0 Å². The van der Waals surface area contributed by atoms with Crippen LogP contribution in [0.5, 0.6) is 0 Å². The molecule has 0 amide bonds. The van der Waals surface area contributed by atoms with Crippen LogP contribution >= 0.6 is 22.6 Å². The second kappa shape index (κ2) is 14.4. The lowest BCUT2D eigenvalue weighted by molar-refractivity contribution is -0.238. The molecule has 0 aliphatic carbocycles. The normalized spacial score (nSPS) is 26.2. The van der Waals surface area contributed by atoms with Crippen molar-refractivity contribution in [2.24, 2.45) is 0 Å². The van der Waals surface area contributed by atoms with E-state index < -0.39 is 31.2 Å². The Bertz CT molecular complexity index is 663. The van der Waals surface area contributed by atoms with E-state index in [4.69, 9.17) is 22.8 Å². The Morgan fingerprint density at radius 1 is 0.833 bits per heavy atom. The van der Waals surface area contributed by atoms with Crippen molar-refractivity contribution < 1.29 is 27.5 Å². The van der Waals surface area contributed by atoms with Gasteiger partial charge >= 0.3 is 5.97 Å². The van der Waals surface area contributed by atoms with Gasteiger partial charge in [-0.25, -0.2) is 0 Å². The zero-order valence-electron chi connectivity index (χ0n) is 25.2. The average Bonchev–Trinajstić information content (AvgIpc) is 2.82. The zero-order chi connectivity index (χ0) is 27.9. The van der Waals surface area contributed by atoms with Gasteiger partial charge in [0, 0.05) is 6.92 Å². The summed E-state index contributed by atoms with van der Waals surface area (Å²) in [7, 11) is -6.00. The van der Waals surface area contributed by atoms with Crippen LogP contribution in [0, 0.1) is 0 Å².